The van der Waals surface area contributed by atoms with E-state index in [2.05, 4.69) is 204 Å². The van der Waals surface area contributed by atoms with Gasteiger partial charge in [-0.1, -0.05) is 103 Å². The third kappa shape index (κ3) is 5.66. The van der Waals surface area contributed by atoms with Gasteiger partial charge in [0.15, 0.2) is 0 Å². The zero-order valence-corrected chi connectivity index (χ0v) is 31.7. The second-order valence-corrected chi connectivity index (χ2v) is 15.9. The Morgan fingerprint density at radius 3 is 1.52 bits per heavy atom. The van der Waals surface area contributed by atoms with Gasteiger partial charge in [-0.3, -0.25) is 0 Å². The molecule has 0 unspecified atom stereocenters. The minimum Gasteiger partial charge on any atom is -0.311 e. The van der Waals surface area contributed by atoms with Gasteiger partial charge in [0.1, 0.15) is 10.0 Å². The smallest absolute Gasteiger partial charge is 0.124 e. The number of hydrogen-bond donors (Lipinski definition) is 0. The van der Waals surface area contributed by atoms with Crippen LogP contribution in [0, 0.1) is 0 Å². The molecule has 0 fully saturated rings. The minimum atomic E-state index is 1.00. The predicted molar refractivity (Wildman–Crippen MR) is 238 cm³/mol. The molecule has 0 atom stereocenters. The maximum absolute atomic E-state index is 5.11. The van der Waals surface area contributed by atoms with Crippen LogP contribution >= 0.6 is 22.7 Å². The molecule has 0 aliphatic carbocycles. The first-order valence-corrected chi connectivity index (χ1v) is 20.3. The lowest BCUT2D eigenvalue weighted by Gasteiger charge is -2.25. The van der Waals surface area contributed by atoms with Gasteiger partial charge in [-0.15, -0.1) is 22.7 Å². The molecule has 6 heteroatoms. The molecular formula is C50H32N4S2. The Labute approximate surface area is 331 Å². The van der Waals surface area contributed by atoms with Gasteiger partial charge in [0.2, 0.25) is 0 Å². The molecular weight excluding hydrogens is 721 g/mol. The van der Waals surface area contributed by atoms with Gasteiger partial charge in [0.05, 0.1) is 31.5 Å². The summed E-state index contributed by atoms with van der Waals surface area (Å²) in [5, 5.41) is 4.52. The van der Waals surface area contributed by atoms with Gasteiger partial charge in [-0.25, -0.2) is 9.97 Å². The fourth-order valence-corrected chi connectivity index (χ4v) is 9.77. The third-order valence-electron chi connectivity index (χ3n) is 10.4. The molecule has 4 nitrogen and oxygen atoms in total. The minimum absolute atomic E-state index is 1.00. The molecule has 0 saturated heterocycles. The topological polar surface area (TPSA) is 34.0 Å². The normalized spacial score (nSPS) is 11.6. The van der Waals surface area contributed by atoms with E-state index in [0.29, 0.717) is 0 Å². The van der Waals surface area contributed by atoms with Gasteiger partial charge in [-0.2, -0.15) is 0 Å². The van der Waals surface area contributed by atoms with Gasteiger partial charge >= 0.3 is 0 Å². The molecule has 3 aromatic heterocycles. The van der Waals surface area contributed by atoms with Crippen LogP contribution in [-0.4, -0.2) is 14.5 Å². The van der Waals surface area contributed by atoms with Crippen molar-refractivity contribution in [2.45, 2.75) is 0 Å². The Morgan fingerprint density at radius 1 is 0.375 bits per heavy atom. The number of hydrogen-bond acceptors (Lipinski definition) is 5. The van der Waals surface area contributed by atoms with Gasteiger partial charge in [0, 0.05) is 44.6 Å². The maximum atomic E-state index is 5.11. The predicted octanol–water partition coefficient (Wildman–Crippen LogP) is 14.5. The van der Waals surface area contributed by atoms with Crippen LogP contribution in [0.3, 0.4) is 0 Å². The number of rotatable bonds is 7. The van der Waals surface area contributed by atoms with Gasteiger partial charge in [0.25, 0.3) is 0 Å². The van der Waals surface area contributed by atoms with E-state index in [0.717, 1.165) is 59.6 Å². The van der Waals surface area contributed by atoms with Crippen LogP contribution in [0.1, 0.15) is 0 Å². The molecule has 0 bridgehead atoms. The summed E-state index contributed by atoms with van der Waals surface area (Å²) in [7, 11) is 0. The second-order valence-electron chi connectivity index (χ2n) is 13.9. The standard InChI is InChI=1S/C50H32N4S2/c1-4-12-37(13-5-1)53(38-14-6-2-7-15-38)40-25-20-33(21-26-40)34-23-28-43-47(31-34)55-50(52-43)36-24-29-44-48(32-36)56-49(51-44)35-22-27-42-41-18-10-11-19-45(41)54(46(42)30-35)39-16-8-3-9-17-39/h1-32H. The Bertz CT molecular complexity index is 3140. The van der Waals surface area contributed by atoms with Crippen molar-refractivity contribution in [3.8, 4) is 38.0 Å². The Morgan fingerprint density at radius 2 is 0.857 bits per heavy atom. The van der Waals surface area contributed by atoms with Crippen molar-refractivity contribution < 1.29 is 0 Å². The van der Waals surface area contributed by atoms with E-state index in [-0.39, 0.29) is 0 Å². The van der Waals surface area contributed by atoms with Crippen LogP contribution in [-0.2, 0) is 0 Å². The zero-order valence-electron chi connectivity index (χ0n) is 30.1. The summed E-state index contributed by atoms with van der Waals surface area (Å²) in [6, 6.07) is 69.0. The monoisotopic (exact) mass is 752 g/mol. The van der Waals surface area contributed by atoms with Crippen molar-refractivity contribution in [3.05, 3.63) is 194 Å². The highest BCUT2D eigenvalue weighted by molar-refractivity contribution is 7.22. The molecule has 0 spiro atoms. The summed E-state index contributed by atoms with van der Waals surface area (Å²) < 4.78 is 4.68. The largest absolute Gasteiger partial charge is 0.311 e. The number of benzene rings is 8. The number of anilines is 3. The van der Waals surface area contributed by atoms with Crippen molar-refractivity contribution >= 4 is 82.0 Å². The van der Waals surface area contributed by atoms with Crippen molar-refractivity contribution in [3.63, 3.8) is 0 Å². The maximum Gasteiger partial charge on any atom is 0.124 e. The highest BCUT2D eigenvalue weighted by Crippen LogP contribution is 2.40. The van der Waals surface area contributed by atoms with E-state index >= 15 is 0 Å². The fraction of sp³-hybridized carbons (Fsp3) is 0. The lowest BCUT2D eigenvalue weighted by molar-refractivity contribution is 1.18. The van der Waals surface area contributed by atoms with E-state index in [1.165, 1.54) is 37.6 Å². The highest BCUT2D eigenvalue weighted by atomic mass is 32.1. The lowest BCUT2D eigenvalue weighted by atomic mass is 10.0. The average molecular weight is 753 g/mol. The average Bonchev–Trinajstić information content (AvgIpc) is 3.98. The lowest BCUT2D eigenvalue weighted by Crippen LogP contribution is -2.09. The third-order valence-corrected chi connectivity index (χ3v) is 12.6. The highest BCUT2D eigenvalue weighted by Gasteiger charge is 2.17. The molecule has 8 aromatic carbocycles. The first-order chi connectivity index (χ1) is 27.7. The molecule has 0 radical (unpaired) electrons. The van der Waals surface area contributed by atoms with E-state index < -0.39 is 0 Å². The summed E-state index contributed by atoms with van der Waals surface area (Å²) in [6.07, 6.45) is 0. The quantitative estimate of drug-likeness (QED) is 0.163. The van der Waals surface area contributed by atoms with Crippen LogP contribution in [0.4, 0.5) is 17.1 Å². The molecule has 56 heavy (non-hydrogen) atoms. The number of aromatic nitrogens is 3. The van der Waals surface area contributed by atoms with Crippen LogP contribution in [0.5, 0.6) is 0 Å². The Hall–Kier alpha value is -6.86. The second kappa shape index (κ2) is 13.5. The zero-order chi connectivity index (χ0) is 37.0. The molecule has 11 aromatic rings. The number of fused-ring (bicyclic) bond motifs is 5. The Kier molecular flexibility index (Phi) is 7.83. The fourth-order valence-electron chi connectivity index (χ4n) is 7.77. The van der Waals surface area contributed by atoms with Crippen LogP contribution in [0.25, 0.3) is 80.2 Å². The number of nitrogens with zero attached hydrogens (tertiary/aromatic N) is 4. The SMILES string of the molecule is c1ccc(N(c2ccccc2)c2ccc(-c3ccc4nc(-c5ccc6nc(-c7ccc8c9ccccc9n(-c9ccccc9)c8c7)sc6c5)sc4c3)cc2)cc1. The molecule has 264 valence electrons. The molecule has 0 amide bonds. The number of thiazole rings is 2. The van der Waals surface area contributed by atoms with Gasteiger partial charge < -0.3 is 9.47 Å². The van der Waals surface area contributed by atoms with Crippen LogP contribution in [0.2, 0.25) is 0 Å². The summed E-state index contributed by atoms with van der Waals surface area (Å²) in [4.78, 5) is 12.5. The summed E-state index contributed by atoms with van der Waals surface area (Å²) in [5.41, 5.74) is 13.5. The van der Waals surface area contributed by atoms with Crippen LogP contribution < -0.4 is 4.90 Å². The van der Waals surface area contributed by atoms with E-state index in [4.69, 9.17) is 9.97 Å². The van der Waals surface area contributed by atoms with E-state index in [1.807, 2.05) is 0 Å². The van der Waals surface area contributed by atoms with Crippen molar-refractivity contribution in [1.82, 2.24) is 14.5 Å². The van der Waals surface area contributed by atoms with Crippen molar-refractivity contribution in [2.24, 2.45) is 0 Å². The van der Waals surface area contributed by atoms with E-state index in [9.17, 15) is 0 Å². The van der Waals surface area contributed by atoms with Crippen molar-refractivity contribution in [1.29, 1.82) is 0 Å². The van der Waals surface area contributed by atoms with Crippen molar-refractivity contribution in [2.75, 3.05) is 4.90 Å². The summed E-state index contributed by atoms with van der Waals surface area (Å²) in [5.74, 6) is 0. The Balaban J connectivity index is 0.903. The molecule has 11 rings (SSSR count). The molecule has 0 saturated carbocycles. The molecule has 0 aliphatic heterocycles. The molecule has 0 aliphatic rings. The first-order valence-electron chi connectivity index (χ1n) is 18.6. The first kappa shape index (κ1) is 32.6. The van der Waals surface area contributed by atoms with E-state index in [1.54, 1.807) is 22.7 Å². The van der Waals surface area contributed by atoms with Gasteiger partial charge in [-0.05, 0) is 102 Å². The molecule has 0 N–H and O–H groups in total. The molecule has 3 heterocycles. The summed E-state index contributed by atoms with van der Waals surface area (Å²) in [6.45, 7) is 0. The summed E-state index contributed by atoms with van der Waals surface area (Å²) >= 11 is 3.47. The van der Waals surface area contributed by atoms with Crippen LogP contribution in [0.15, 0.2) is 194 Å². The number of para-hydroxylation sites is 4.